The van der Waals surface area contributed by atoms with E-state index in [0.717, 1.165) is 38.5 Å². The normalized spacial score (nSPS) is 12.5. The van der Waals surface area contributed by atoms with Crippen molar-refractivity contribution in [3.05, 3.63) is 12.2 Å². The first-order chi connectivity index (χ1) is 37.5. The topological polar surface area (TPSA) is 95.9 Å². The van der Waals surface area contributed by atoms with Gasteiger partial charge in [0.1, 0.15) is 0 Å². The number of rotatable bonds is 66. The second kappa shape index (κ2) is 66.1. The maximum Gasteiger partial charge on any atom is 0.305 e. The Morgan fingerprint density at radius 1 is 0.355 bits per heavy atom. The van der Waals surface area contributed by atoms with Crippen LogP contribution in [0, 0.1) is 0 Å². The molecule has 3 N–H and O–H groups in total. The van der Waals surface area contributed by atoms with Gasteiger partial charge in [0.15, 0.2) is 0 Å². The van der Waals surface area contributed by atoms with Crippen LogP contribution in [0.25, 0.3) is 0 Å². The Labute approximate surface area is 476 Å². The van der Waals surface area contributed by atoms with Crippen molar-refractivity contribution >= 4 is 11.9 Å². The van der Waals surface area contributed by atoms with Crippen molar-refractivity contribution in [1.82, 2.24) is 5.32 Å². The number of hydrogen-bond donors (Lipinski definition) is 3. The van der Waals surface area contributed by atoms with Gasteiger partial charge in [-0.2, -0.15) is 0 Å². The molecule has 0 aromatic heterocycles. The molecule has 0 aromatic rings. The van der Waals surface area contributed by atoms with Gasteiger partial charge in [-0.15, -0.1) is 0 Å². The minimum atomic E-state index is -0.842. The van der Waals surface area contributed by atoms with Crippen molar-refractivity contribution in [1.29, 1.82) is 0 Å². The highest BCUT2D eigenvalue weighted by Crippen LogP contribution is 2.19. The Hall–Kier alpha value is -1.40. The molecule has 0 rings (SSSR count). The molecule has 2 atom stereocenters. The Bertz CT molecular complexity index is 1140. The van der Waals surface area contributed by atoms with Gasteiger partial charge in [-0.1, -0.05) is 366 Å². The first-order valence-electron chi connectivity index (χ1n) is 35.0. The molecule has 0 heterocycles. The number of ether oxygens (including phenoxy) is 1. The summed E-state index contributed by atoms with van der Waals surface area (Å²) in [5.74, 6) is -0.0408. The number of aliphatic hydroxyl groups is 2. The molecule has 76 heavy (non-hydrogen) atoms. The summed E-state index contributed by atoms with van der Waals surface area (Å²) in [6, 6.07) is -0.626. The van der Waals surface area contributed by atoms with E-state index < -0.39 is 12.1 Å². The predicted octanol–water partition coefficient (Wildman–Crippen LogP) is 22.4. The molecule has 0 saturated heterocycles. The van der Waals surface area contributed by atoms with Crippen molar-refractivity contribution in [2.24, 2.45) is 0 Å². The highest BCUT2D eigenvalue weighted by atomic mass is 16.5. The lowest BCUT2D eigenvalue weighted by atomic mass is 10.0. The fraction of sp³-hybridized carbons (Fsp3) is 0.943. The molecule has 0 saturated carbocycles. The Kier molecular flexibility index (Phi) is 64.9. The summed E-state index contributed by atoms with van der Waals surface area (Å²) in [6.45, 7) is 4.95. The van der Waals surface area contributed by atoms with Crippen LogP contribution in [0.1, 0.15) is 399 Å². The van der Waals surface area contributed by atoms with E-state index in [1.165, 1.54) is 334 Å². The van der Waals surface area contributed by atoms with Gasteiger partial charge in [-0.05, 0) is 32.1 Å². The summed E-state index contributed by atoms with van der Waals surface area (Å²) in [5, 5.41) is 23.2. The van der Waals surface area contributed by atoms with Crippen LogP contribution in [0.15, 0.2) is 12.2 Å². The number of carbonyl (C=O) groups excluding carboxylic acids is 2. The summed E-state index contributed by atoms with van der Waals surface area (Å²) in [4.78, 5) is 24.6. The van der Waals surface area contributed by atoms with E-state index in [4.69, 9.17) is 4.74 Å². The van der Waals surface area contributed by atoms with Crippen molar-refractivity contribution in [2.75, 3.05) is 13.2 Å². The second-order valence-corrected chi connectivity index (χ2v) is 24.2. The van der Waals surface area contributed by atoms with E-state index in [-0.39, 0.29) is 18.5 Å². The highest BCUT2D eigenvalue weighted by molar-refractivity contribution is 5.76. The quantitative estimate of drug-likeness (QED) is 0.0320. The first-order valence-corrected chi connectivity index (χ1v) is 35.0. The second-order valence-electron chi connectivity index (χ2n) is 24.2. The standard InChI is InChI=1S/C70H137NO5/c1-3-5-7-9-11-13-15-17-19-31-34-38-42-46-50-54-58-62-68(73)67(66-72)71-69(74)63-59-55-51-47-43-39-35-32-29-27-25-23-21-22-24-26-28-30-33-37-41-45-49-53-57-61-65-76-70(75)64-60-56-52-48-44-40-36-20-18-16-14-12-10-8-6-4-2/h58,62,67-68,72-73H,3-57,59-61,63-66H2,1-2H3,(H,71,74)/b62-58+. The number of amides is 1. The number of unbranched alkanes of at least 4 members (excludes halogenated alkanes) is 55. The van der Waals surface area contributed by atoms with Gasteiger partial charge in [0.05, 0.1) is 25.4 Å². The lowest BCUT2D eigenvalue weighted by molar-refractivity contribution is -0.143. The van der Waals surface area contributed by atoms with E-state index in [9.17, 15) is 19.8 Å². The van der Waals surface area contributed by atoms with Gasteiger partial charge >= 0.3 is 5.97 Å². The minimum Gasteiger partial charge on any atom is -0.466 e. The molecule has 6 nitrogen and oxygen atoms in total. The van der Waals surface area contributed by atoms with E-state index in [1.807, 2.05) is 6.08 Å². The molecule has 1 amide bonds. The van der Waals surface area contributed by atoms with E-state index in [0.29, 0.717) is 19.4 Å². The summed E-state index contributed by atoms with van der Waals surface area (Å²) < 4.78 is 5.50. The molecular weight excluding hydrogens is 935 g/mol. The summed E-state index contributed by atoms with van der Waals surface area (Å²) in [7, 11) is 0. The maximum atomic E-state index is 12.5. The molecule has 0 aliphatic rings. The predicted molar refractivity (Wildman–Crippen MR) is 333 cm³/mol. The van der Waals surface area contributed by atoms with Crippen LogP contribution in [-0.2, 0) is 14.3 Å². The fourth-order valence-corrected chi connectivity index (χ4v) is 11.2. The molecule has 0 fully saturated rings. The molecular formula is C70H137NO5. The smallest absolute Gasteiger partial charge is 0.305 e. The minimum absolute atomic E-state index is 0.0213. The van der Waals surface area contributed by atoms with Gasteiger partial charge in [-0.3, -0.25) is 9.59 Å². The molecule has 0 bridgehead atoms. The third kappa shape index (κ3) is 61.8. The third-order valence-corrected chi connectivity index (χ3v) is 16.6. The molecule has 2 unspecified atom stereocenters. The zero-order valence-electron chi connectivity index (χ0n) is 51.8. The van der Waals surface area contributed by atoms with Crippen LogP contribution in [0.4, 0.5) is 0 Å². The molecule has 0 spiro atoms. The molecule has 6 heteroatoms. The lowest BCUT2D eigenvalue weighted by Crippen LogP contribution is -2.45. The fourth-order valence-electron chi connectivity index (χ4n) is 11.2. The molecule has 0 aromatic carbocycles. The Morgan fingerprint density at radius 2 is 0.605 bits per heavy atom. The van der Waals surface area contributed by atoms with Crippen LogP contribution >= 0.6 is 0 Å². The molecule has 0 aliphatic carbocycles. The number of hydrogen-bond acceptors (Lipinski definition) is 5. The number of nitrogens with one attached hydrogen (secondary N) is 1. The van der Waals surface area contributed by atoms with Crippen molar-refractivity contribution in [3.63, 3.8) is 0 Å². The average Bonchev–Trinajstić information content (AvgIpc) is 3.42. The van der Waals surface area contributed by atoms with Crippen LogP contribution < -0.4 is 5.32 Å². The number of allylic oxidation sites excluding steroid dienone is 1. The summed E-state index contributed by atoms with van der Waals surface area (Å²) in [5.41, 5.74) is 0. The molecule has 0 radical (unpaired) electrons. The Balaban J connectivity index is 3.35. The van der Waals surface area contributed by atoms with Crippen molar-refractivity contribution in [3.8, 4) is 0 Å². The monoisotopic (exact) mass is 1070 g/mol. The maximum absolute atomic E-state index is 12.5. The van der Waals surface area contributed by atoms with E-state index >= 15 is 0 Å². The van der Waals surface area contributed by atoms with Gasteiger partial charge < -0.3 is 20.3 Å². The van der Waals surface area contributed by atoms with Crippen molar-refractivity contribution < 1.29 is 24.5 Å². The third-order valence-electron chi connectivity index (χ3n) is 16.6. The number of aliphatic hydroxyl groups excluding tert-OH is 2. The van der Waals surface area contributed by atoms with Crippen LogP contribution in [0.3, 0.4) is 0 Å². The lowest BCUT2D eigenvalue weighted by Gasteiger charge is -2.20. The SMILES string of the molecule is CCCCCCCCCCCCCCCCC/C=C/C(O)C(CO)NC(=O)CCCCCCCCCCCCCCCCCCCCCCCCCCCCOC(=O)CCCCCCCCCCCCCCCCCC. The number of carbonyl (C=O) groups is 2. The highest BCUT2D eigenvalue weighted by Gasteiger charge is 2.18. The van der Waals surface area contributed by atoms with Crippen LogP contribution in [0.2, 0.25) is 0 Å². The summed E-state index contributed by atoms with van der Waals surface area (Å²) in [6.07, 6.45) is 81.4. The number of esters is 1. The van der Waals surface area contributed by atoms with Gasteiger partial charge in [0, 0.05) is 12.8 Å². The van der Waals surface area contributed by atoms with Gasteiger partial charge in [0.25, 0.3) is 0 Å². The molecule has 0 aliphatic heterocycles. The van der Waals surface area contributed by atoms with Gasteiger partial charge in [0.2, 0.25) is 5.91 Å². The van der Waals surface area contributed by atoms with Crippen molar-refractivity contribution in [2.45, 2.75) is 411 Å². The summed E-state index contributed by atoms with van der Waals surface area (Å²) >= 11 is 0. The molecule has 452 valence electrons. The van der Waals surface area contributed by atoms with Gasteiger partial charge in [-0.25, -0.2) is 0 Å². The first kappa shape index (κ1) is 74.6. The Morgan fingerprint density at radius 3 is 0.895 bits per heavy atom. The van der Waals surface area contributed by atoms with E-state index in [2.05, 4.69) is 19.2 Å². The van der Waals surface area contributed by atoms with E-state index in [1.54, 1.807) is 6.08 Å². The van der Waals surface area contributed by atoms with Crippen LogP contribution in [0.5, 0.6) is 0 Å². The van der Waals surface area contributed by atoms with Crippen LogP contribution in [-0.4, -0.2) is 47.4 Å². The largest absolute Gasteiger partial charge is 0.466 e. The zero-order chi connectivity index (χ0) is 55.0. The average molecular weight is 1070 g/mol. The zero-order valence-corrected chi connectivity index (χ0v) is 51.8.